The van der Waals surface area contributed by atoms with Crippen LogP contribution in [0.4, 0.5) is 17.1 Å². The predicted octanol–water partition coefficient (Wildman–Crippen LogP) is 4.18. The Morgan fingerprint density at radius 3 is 1.13 bits per heavy atom. The van der Waals surface area contributed by atoms with Gasteiger partial charge in [-0.25, -0.2) is 0 Å². The number of rotatable bonds is 14. The first kappa shape index (κ1) is 43.3. The molecule has 2 heterocycles. The van der Waals surface area contributed by atoms with Crippen LogP contribution in [0.15, 0.2) is 60.7 Å². The lowest BCUT2D eigenvalue weighted by molar-refractivity contribution is 0.00578. The summed E-state index contributed by atoms with van der Waals surface area (Å²) in [6.45, 7) is 14.5. The van der Waals surface area contributed by atoms with Crippen molar-refractivity contribution in [3.05, 3.63) is 77.4 Å². The van der Waals surface area contributed by atoms with Gasteiger partial charge < -0.3 is 23.5 Å². The molecular formula is C36H49B2NO13S3. The standard InChI is InChI=1S/C36H49B2NO13S3/c1-33(2)34(3,4)50-37(49-33)31-18-16-29(20-26(31)23-47-54(10,42)43)39(28-14-12-25(13-15-28)22-46-53(9,40)41)30-17-19-32(27(21-30)24-48-55(11,44)45)38-51-35(5,6)36(7,8)52-38/h12-21H,22-24H2,1-11H3. The van der Waals surface area contributed by atoms with Gasteiger partial charge in [0, 0.05) is 17.1 Å². The zero-order valence-corrected chi connectivity index (χ0v) is 35.5. The van der Waals surface area contributed by atoms with Gasteiger partial charge in [-0.2, -0.15) is 25.3 Å². The molecule has 2 aliphatic rings. The molecule has 0 atom stereocenters. The van der Waals surface area contributed by atoms with Gasteiger partial charge in [0.05, 0.1) is 61.0 Å². The van der Waals surface area contributed by atoms with Crippen molar-refractivity contribution in [2.75, 3.05) is 23.7 Å². The Hall–Kier alpha value is -2.84. The summed E-state index contributed by atoms with van der Waals surface area (Å²) < 4.78 is 113. The number of hydrogen-bond acceptors (Lipinski definition) is 14. The Kier molecular flexibility index (Phi) is 11.9. The highest BCUT2D eigenvalue weighted by Crippen LogP contribution is 2.40. The van der Waals surface area contributed by atoms with Crippen LogP contribution in [0.2, 0.25) is 0 Å². The summed E-state index contributed by atoms with van der Waals surface area (Å²) in [5.41, 5.74) is 1.69. The van der Waals surface area contributed by atoms with Crippen LogP contribution in [0.1, 0.15) is 72.1 Å². The first-order valence-electron chi connectivity index (χ1n) is 17.5. The van der Waals surface area contributed by atoms with Crippen LogP contribution in [0.25, 0.3) is 0 Å². The highest BCUT2D eigenvalue weighted by atomic mass is 32.2. The molecule has 0 radical (unpaired) electrons. The Balaban J connectivity index is 1.67. The highest BCUT2D eigenvalue weighted by Gasteiger charge is 2.53. The maximum absolute atomic E-state index is 12.2. The number of benzene rings is 3. The van der Waals surface area contributed by atoms with E-state index in [0.717, 1.165) is 18.8 Å². The van der Waals surface area contributed by atoms with Gasteiger partial charge in [0.15, 0.2) is 0 Å². The molecule has 0 spiro atoms. The topological polar surface area (TPSA) is 170 Å². The molecule has 0 bridgehead atoms. The Labute approximate surface area is 326 Å². The van der Waals surface area contributed by atoms with Crippen LogP contribution in [0, 0.1) is 0 Å². The quantitative estimate of drug-likeness (QED) is 0.168. The average Bonchev–Trinajstić information content (AvgIpc) is 3.40. The molecule has 2 fully saturated rings. The lowest BCUT2D eigenvalue weighted by Gasteiger charge is -2.32. The Bertz CT molecular complexity index is 2090. The van der Waals surface area contributed by atoms with Gasteiger partial charge in [-0.05, 0) is 119 Å². The number of hydrogen-bond donors (Lipinski definition) is 0. The molecule has 2 saturated heterocycles. The van der Waals surface area contributed by atoms with E-state index in [1.54, 1.807) is 48.5 Å². The fourth-order valence-corrected chi connectivity index (χ4v) is 6.85. The molecule has 0 N–H and O–H groups in total. The molecular weight excluding hydrogens is 772 g/mol. The van der Waals surface area contributed by atoms with Gasteiger partial charge in [-0.15, -0.1) is 0 Å². The summed E-state index contributed by atoms with van der Waals surface area (Å²) in [4.78, 5) is 1.86. The van der Waals surface area contributed by atoms with Crippen molar-refractivity contribution in [2.24, 2.45) is 0 Å². The smallest absolute Gasteiger partial charge is 0.399 e. The van der Waals surface area contributed by atoms with E-state index in [-0.39, 0.29) is 19.8 Å². The molecule has 0 amide bonds. The normalized spacial score (nSPS) is 19.2. The number of nitrogens with zero attached hydrogens (tertiary/aromatic N) is 1. The van der Waals surface area contributed by atoms with Crippen molar-refractivity contribution in [3.63, 3.8) is 0 Å². The molecule has 0 saturated carbocycles. The third kappa shape index (κ3) is 10.4. The summed E-state index contributed by atoms with van der Waals surface area (Å²) in [6.07, 6.45) is 2.91. The number of anilines is 3. The molecule has 0 unspecified atom stereocenters. The van der Waals surface area contributed by atoms with E-state index in [1.807, 2.05) is 72.4 Å². The fourth-order valence-electron chi connectivity index (χ4n) is 5.82. The van der Waals surface area contributed by atoms with Crippen LogP contribution in [0.5, 0.6) is 0 Å². The van der Waals surface area contributed by atoms with Crippen LogP contribution in [0.3, 0.4) is 0 Å². The van der Waals surface area contributed by atoms with Crippen LogP contribution in [-0.4, -0.2) is 80.7 Å². The molecule has 3 aromatic rings. The fraction of sp³-hybridized carbons (Fsp3) is 0.500. The third-order valence-electron chi connectivity index (χ3n) is 10.3. The van der Waals surface area contributed by atoms with E-state index in [4.69, 9.17) is 31.2 Å². The lowest BCUT2D eigenvalue weighted by Crippen LogP contribution is -2.41. The maximum atomic E-state index is 12.2. The highest BCUT2D eigenvalue weighted by molar-refractivity contribution is 7.86. The monoisotopic (exact) mass is 821 g/mol. The Morgan fingerprint density at radius 2 is 0.800 bits per heavy atom. The van der Waals surface area contributed by atoms with Gasteiger partial charge in [0.25, 0.3) is 30.4 Å². The summed E-state index contributed by atoms with van der Waals surface area (Å²) in [5, 5.41) is 0. The molecule has 300 valence electrons. The van der Waals surface area contributed by atoms with Crippen molar-refractivity contribution >= 4 is 72.6 Å². The first-order valence-corrected chi connectivity index (χ1v) is 22.9. The summed E-state index contributed by atoms with van der Waals surface area (Å²) in [5.74, 6) is 0. The van der Waals surface area contributed by atoms with Crippen LogP contribution in [-0.2, 0) is 81.3 Å². The van der Waals surface area contributed by atoms with E-state index in [9.17, 15) is 25.3 Å². The molecule has 14 nitrogen and oxygen atoms in total. The van der Waals surface area contributed by atoms with Gasteiger partial charge in [-0.1, -0.05) is 24.3 Å². The van der Waals surface area contributed by atoms with Crippen molar-refractivity contribution in [1.82, 2.24) is 0 Å². The molecule has 19 heteroatoms. The van der Waals surface area contributed by atoms with E-state index in [1.165, 1.54) is 0 Å². The molecule has 0 aromatic heterocycles. The summed E-state index contributed by atoms with van der Waals surface area (Å²) in [7, 11) is -13.1. The predicted molar refractivity (Wildman–Crippen MR) is 211 cm³/mol. The minimum atomic E-state index is -3.86. The molecule has 3 aromatic carbocycles. The van der Waals surface area contributed by atoms with Gasteiger partial charge >= 0.3 is 14.2 Å². The van der Waals surface area contributed by atoms with Crippen molar-refractivity contribution in [2.45, 2.75) is 97.6 Å². The zero-order valence-electron chi connectivity index (χ0n) is 33.0. The van der Waals surface area contributed by atoms with Crippen molar-refractivity contribution in [3.8, 4) is 0 Å². The SMILES string of the molecule is CC1(C)OB(c2ccc(N(c3ccc(COS(C)(=O)=O)cc3)c3ccc(B4OC(C)(C)C(C)(C)O4)c(COS(C)(=O)=O)c3)cc2COS(C)(=O)=O)OC1(C)C. The maximum Gasteiger partial charge on any atom is 0.495 e. The first-order chi connectivity index (χ1) is 25.1. The van der Waals surface area contributed by atoms with E-state index in [0.29, 0.717) is 44.7 Å². The van der Waals surface area contributed by atoms with E-state index >= 15 is 0 Å². The van der Waals surface area contributed by atoms with Gasteiger partial charge in [0.2, 0.25) is 0 Å². The average molecular weight is 822 g/mol. The zero-order chi connectivity index (χ0) is 41.0. The second-order valence-electron chi connectivity index (χ2n) is 15.8. The minimum Gasteiger partial charge on any atom is -0.399 e. The molecule has 0 aliphatic carbocycles. The van der Waals surface area contributed by atoms with E-state index < -0.39 is 67.0 Å². The van der Waals surface area contributed by atoms with Crippen molar-refractivity contribution < 1.29 is 56.4 Å². The molecule has 2 aliphatic heterocycles. The second-order valence-corrected chi connectivity index (χ2v) is 20.8. The largest absolute Gasteiger partial charge is 0.495 e. The van der Waals surface area contributed by atoms with Gasteiger partial charge in [0.1, 0.15) is 0 Å². The van der Waals surface area contributed by atoms with Crippen LogP contribution >= 0.6 is 0 Å². The summed E-state index contributed by atoms with van der Waals surface area (Å²) >= 11 is 0. The van der Waals surface area contributed by atoms with Gasteiger partial charge in [-0.3, -0.25) is 12.5 Å². The lowest BCUT2D eigenvalue weighted by atomic mass is 9.75. The van der Waals surface area contributed by atoms with Crippen LogP contribution < -0.4 is 15.8 Å². The van der Waals surface area contributed by atoms with E-state index in [2.05, 4.69) is 0 Å². The molecule has 5 rings (SSSR count). The Morgan fingerprint density at radius 1 is 0.491 bits per heavy atom. The van der Waals surface area contributed by atoms with Crippen molar-refractivity contribution in [1.29, 1.82) is 0 Å². The minimum absolute atomic E-state index is 0.176. The second kappa shape index (κ2) is 15.2. The molecule has 55 heavy (non-hydrogen) atoms. The third-order valence-corrected chi connectivity index (χ3v) is 11.9. The summed E-state index contributed by atoms with van der Waals surface area (Å²) in [6, 6.07) is 17.7.